The minimum Gasteiger partial charge on any atom is -0.491 e. The van der Waals surface area contributed by atoms with E-state index in [1.165, 1.54) is 18.4 Å². The first-order chi connectivity index (χ1) is 9.33. The van der Waals surface area contributed by atoms with Crippen LogP contribution in [0.25, 0.3) is 0 Å². The Balaban J connectivity index is 1.83. The molecule has 0 aliphatic carbocycles. The van der Waals surface area contributed by atoms with Gasteiger partial charge in [-0.25, -0.2) is 0 Å². The topological polar surface area (TPSA) is 18.5 Å². The first kappa shape index (κ1) is 15.2. The zero-order valence-electron chi connectivity index (χ0n) is 13.5. The molecule has 1 aromatic rings. The molecule has 2 heteroatoms. The highest BCUT2D eigenvalue weighted by atomic mass is 16.5. The molecule has 112 valence electrons. The van der Waals surface area contributed by atoms with Gasteiger partial charge in [0.1, 0.15) is 17.6 Å². The molecule has 2 rings (SSSR count). The lowest BCUT2D eigenvalue weighted by molar-refractivity contribution is 0.197. The number of ether oxygens (including phenoxy) is 2. The third kappa shape index (κ3) is 4.43. The highest BCUT2D eigenvalue weighted by molar-refractivity contribution is 5.43. The van der Waals surface area contributed by atoms with Gasteiger partial charge in [0.25, 0.3) is 0 Å². The number of benzene rings is 1. The van der Waals surface area contributed by atoms with Gasteiger partial charge in [-0.2, -0.15) is 0 Å². The summed E-state index contributed by atoms with van der Waals surface area (Å²) in [6.07, 6.45) is 5.12. The molecule has 2 atom stereocenters. The molecular formula is C18H28O2. The van der Waals surface area contributed by atoms with Gasteiger partial charge in [0, 0.05) is 12.5 Å². The smallest absolute Gasteiger partial charge is 0.126 e. The minimum absolute atomic E-state index is 0.259. The maximum Gasteiger partial charge on any atom is 0.126 e. The zero-order chi connectivity index (χ0) is 14.8. The Morgan fingerprint density at radius 2 is 2.10 bits per heavy atom. The zero-order valence-corrected chi connectivity index (χ0v) is 13.5. The van der Waals surface area contributed by atoms with Gasteiger partial charge in [0.15, 0.2) is 0 Å². The molecule has 0 amide bonds. The number of hydrogen-bond donors (Lipinski definition) is 0. The van der Waals surface area contributed by atoms with Crippen molar-refractivity contribution < 1.29 is 9.47 Å². The number of rotatable bonds is 5. The molecule has 20 heavy (non-hydrogen) atoms. The molecule has 0 fully saturated rings. The third-order valence-corrected chi connectivity index (χ3v) is 3.75. The SMILES string of the molecule is CC(CCCC(C)(C)C)Oc1ccc2c(c1)OC(C)C2. The fourth-order valence-electron chi connectivity index (χ4n) is 2.67. The Labute approximate surface area is 123 Å². The van der Waals surface area contributed by atoms with E-state index in [0.717, 1.165) is 24.3 Å². The summed E-state index contributed by atoms with van der Waals surface area (Å²) in [5.74, 6) is 1.93. The van der Waals surface area contributed by atoms with Crippen LogP contribution in [0.1, 0.15) is 59.4 Å². The molecule has 0 radical (unpaired) electrons. The summed E-state index contributed by atoms with van der Waals surface area (Å²) in [6.45, 7) is 11.1. The van der Waals surface area contributed by atoms with E-state index in [0.29, 0.717) is 11.5 Å². The third-order valence-electron chi connectivity index (χ3n) is 3.75. The maximum absolute atomic E-state index is 6.01. The van der Waals surface area contributed by atoms with E-state index < -0.39 is 0 Å². The van der Waals surface area contributed by atoms with Crippen molar-refractivity contribution in [2.45, 2.75) is 72.5 Å². The van der Waals surface area contributed by atoms with Gasteiger partial charge in [0.2, 0.25) is 0 Å². The molecule has 1 aliphatic heterocycles. The van der Waals surface area contributed by atoms with Crippen molar-refractivity contribution in [1.82, 2.24) is 0 Å². The molecule has 2 nitrogen and oxygen atoms in total. The summed E-state index contributed by atoms with van der Waals surface area (Å²) in [5, 5.41) is 0. The number of fused-ring (bicyclic) bond motifs is 1. The second-order valence-corrected chi connectivity index (χ2v) is 7.28. The highest BCUT2D eigenvalue weighted by Crippen LogP contribution is 2.33. The lowest BCUT2D eigenvalue weighted by atomic mass is 9.89. The van der Waals surface area contributed by atoms with Crippen molar-refractivity contribution in [3.05, 3.63) is 23.8 Å². The van der Waals surface area contributed by atoms with Crippen molar-refractivity contribution in [3.8, 4) is 11.5 Å². The molecule has 1 aliphatic rings. The fourth-order valence-corrected chi connectivity index (χ4v) is 2.67. The molecule has 0 N–H and O–H groups in total. The molecule has 1 aromatic carbocycles. The van der Waals surface area contributed by atoms with Crippen molar-refractivity contribution in [2.24, 2.45) is 5.41 Å². The van der Waals surface area contributed by atoms with Gasteiger partial charge in [-0.1, -0.05) is 26.8 Å². The van der Waals surface area contributed by atoms with E-state index in [1.807, 2.05) is 6.07 Å². The van der Waals surface area contributed by atoms with Crippen LogP contribution in [0.2, 0.25) is 0 Å². The quantitative estimate of drug-likeness (QED) is 0.754. The lowest BCUT2D eigenvalue weighted by Crippen LogP contribution is -2.13. The van der Waals surface area contributed by atoms with Gasteiger partial charge >= 0.3 is 0 Å². The standard InChI is InChI=1S/C18H28O2/c1-13(7-6-10-18(3,4)5)19-16-9-8-15-11-14(2)20-17(15)12-16/h8-9,12-14H,6-7,10-11H2,1-5H3. The summed E-state index contributed by atoms with van der Waals surface area (Å²) in [7, 11) is 0. The van der Waals surface area contributed by atoms with E-state index in [1.54, 1.807) is 0 Å². The molecule has 0 bridgehead atoms. The highest BCUT2D eigenvalue weighted by Gasteiger charge is 2.19. The Kier molecular flexibility index (Phi) is 4.62. The largest absolute Gasteiger partial charge is 0.491 e. The molecule has 0 saturated heterocycles. The van der Waals surface area contributed by atoms with Crippen LogP contribution in [-0.2, 0) is 6.42 Å². The first-order valence-electron chi connectivity index (χ1n) is 7.80. The van der Waals surface area contributed by atoms with E-state index in [2.05, 4.69) is 46.8 Å². The van der Waals surface area contributed by atoms with Gasteiger partial charge < -0.3 is 9.47 Å². The molecule has 1 heterocycles. The van der Waals surface area contributed by atoms with Gasteiger partial charge in [-0.15, -0.1) is 0 Å². The lowest BCUT2D eigenvalue weighted by Gasteiger charge is -2.20. The fraction of sp³-hybridized carbons (Fsp3) is 0.667. The van der Waals surface area contributed by atoms with Crippen molar-refractivity contribution in [2.75, 3.05) is 0 Å². The van der Waals surface area contributed by atoms with E-state index in [-0.39, 0.29) is 6.10 Å². The Morgan fingerprint density at radius 1 is 1.35 bits per heavy atom. The summed E-state index contributed by atoms with van der Waals surface area (Å²) in [4.78, 5) is 0. The van der Waals surface area contributed by atoms with Crippen LogP contribution >= 0.6 is 0 Å². The van der Waals surface area contributed by atoms with Crippen LogP contribution in [0.5, 0.6) is 11.5 Å². The summed E-state index contributed by atoms with van der Waals surface area (Å²) in [5.41, 5.74) is 1.71. The monoisotopic (exact) mass is 276 g/mol. The molecular weight excluding hydrogens is 248 g/mol. The second-order valence-electron chi connectivity index (χ2n) is 7.28. The van der Waals surface area contributed by atoms with Crippen molar-refractivity contribution in [3.63, 3.8) is 0 Å². The van der Waals surface area contributed by atoms with Gasteiger partial charge in [0.05, 0.1) is 6.10 Å². The van der Waals surface area contributed by atoms with Crippen LogP contribution in [0.3, 0.4) is 0 Å². The molecule has 0 saturated carbocycles. The van der Waals surface area contributed by atoms with Crippen molar-refractivity contribution >= 4 is 0 Å². The van der Waals surface area contributed by atoms with E-state index in [4.69, 9.17) is 9.47 Å². The Morgan fingerprint density at radius 3 is 2.80 bits per heavy atom. The molecule has 2 unspecified atom stereocenters. The minimum atomic E-state index is 0.259. The average Bonchev–Trinajstić information content (AvgIpc) is 2.66. The van der Waals surface area contributed by atoms with Crippen LogP contribution in [0.4, 0.5) is 0 Å². The molecule has 0 spiro atoms. The van der Waals surface area contributed by atoms with Crippen molar-refractivity contribution in [1.29, 1.82) is 0 Å². The van der Waals surface area contributed by atoms with Crippen LogP contribution in [0.15, 0.2) is 18.2 Å². The van der Waals surface area contributed by atoms with Gasteiger partial charge in [-0.3, -0.25) is 0 Å². The molecule has 0 aromatic heterocycles. The predicted molar refractivity (Wildman–Crippen MR) is 83.6 cm³/mol. The normalized spacial score (nSPS) is 19.4. The van der Waals surface area contributed by atoms with Gasteiger partial charge in [-0.05, 0) is 50.2 Å². The second kappa shape index (κ2) is 6.07. The van der Waals surface area contributed by atoms with E-state index in [9.17, 15) is 0 Å². The summed E-state index contributed by atoms with van der Waals surface area (Å²) in [6, 6.07) is 6.25. The Bertz CT molecular complexity index is 445. The predicted octanol–water partition coefficient (Wildman–Crippen LogP) is 4.99. The van der Waals surface area contributed by atoms with Crippen LogP contribution in [0, 0.1) is 5.41 Å². The van der Waals surface area contributed by atoms with E-state index >= 15 is 0 Å². The Hall–Kier alpha value is -1.18. The number of hydrogen-bond acceptors (Lipinski definition) is 2. The van der Waals surface area contributed by atoms with Crippen LogP contribution < -0.4 is 9.47 Å². The first-order valence-corrected chi connectivity index (χ1v) is 7.80. The summed E-state index contributed by atoms with van der Waals surface area (Å²) < 4.78 is 11.8. The average molecular weight is 276 g/mol. The maximum atomic E-state index is 6.01. The summed E-state index contributed by atoms with van der Waals surface area (Å²) >= 11 is 0. The van der Waals surface area contributed by atoms with Crippen LogP contribution in [-0.4, -0.2) is 12.2 Å².